The highest BCUT2D eigenvalue weighted by atomic mass is 35.5. The first kappa shape index (κ1) is 25.3. The van der Waals surface area contributed by atoms with Gasteiger partial charge in [0, 0.05) is 54.9 Å². The lowest BCUT2D eigenvalue weighted by atomic mass is 10.0. The average Bonchev–Trinajstić information content (AvgIpc) is 3.20. The highest BCUT2D eigenvalue weighted by Crippen LogP contribution is 2.34. The van der Waals surface area contributed by atoms with Crippen LogP contribution >= 0.6 is 34.8 Å². The van der Waals surface area contributed by atoms with E-state index in [2.05, 4.69) is 33.4 Å². The van der Waals surface area contributed by atoms with Gasteiger partial charge in [0.15, 0.2) is 0 Å². The summed E-state index contributed by atoms with van der Waals surface area (Å²) in [6.07, 6.45) is 6.49. The van der Waals surface area contributed by atoms with Crippen molar-refractivity contribution < 1.29 is 4.79 Å². The highest BCUT2D eigenvalue weighted by Gasteiger charge is 2.27. The molecule has 3 heterocycles. The third-order valence-corrected chi connectivity index (χ3v) is 7.19. The number of aromatic nitrogens is 2. The molecule has 0 atom stereocenters. The fourth-order valence-electron chi connectivity index (χ4n) is 4.63. The van der Waals surface area contributed by atoms with E-state index in [-0.39, 0.29) is 6.03 Å². The fraction of sp³-hybridized carbons (Fsp3) is 0.179. The van der Waals surface area contributed by atoms with Crippen molar-refractivity contribution in [3.8, 4) is 6.07 Å². The zero-order chi connectivity index (χ0) is 25.9. The van der Waals surface area contributed by atoms with Gasteiger partial charge in [-0.25, -0.2) is 9.78 Å². The Kier molecular flexibility index (Phi) is 7.50. The Morgan fingerprint density at radius 2 is 1.95 bits per heavy atom. The third kappa shape index (κ3) is 5.51. The van der Waals surface area contributed by atoms with Gasteiger partial charge in [-0.05, 0) is 53.1 Å². The monoisotopic (exact) mass is 549 g/mol. The molecule has 0 saturated heterocycles. The van der Waals surface area contributed by atoms with E-state index in [1.807, 2.05) is 24.3 Å². The third-order valence-electron chi connectivity index (χ3n) is 6.42. The van der Waals surface area contributed by atoms with E-state index in [0.717, 1.165) is 40.9 Å². The predicted molar refractivity (Wildman–Crippen MR) is 148 cm³/mol. The predicted octanol–water partition coefficient (Wildman–Crippen LogP) is 6.70. The number of nitrogens with zero attached hydrogens (tertiary/aromatic N) is 4. The second-order valence-corrected chi connectivity index (χ2v) is 10.0. The van der Waals surface area contributed by atoms with Gasteiger partial charge in [-0.15, -0.1) is 0 Å². The molecule has 6 nitrogen and oxygen atoms in total. The van der Waals surface area contributed by atoms with Crippen LogP contribution in [0.2, 0.25) is 15.2 Å². The van der Waals surface area contributed by atoms with Crippen molar-refractivity contribution in [3.05, 3.63) is 104 Å². The molecule has 0 saturated carbocycles. The lowest BCUT2D eigenvalue weighted by Gasteiger charge is -2.27. The first-order valence-corrected chi connectivity index (χ1v) is 12.8. The van der Waals surface area contributed by atoms with Crippen LogP contribution in [0.25, 0.3) is 17.0 Å². The summed E-state index contributed by atoms with van der Waals surface area (Å²) in [5.41, 5.74) is 4.99. The molecule has 37 heavy (non-hydrogen) atoms. The number of hydrogen-bond donors (Lipinski definition) is 1. The van der Waals surface area contributed by atoms with Crippen LogP contribution in [-0.4, -0.2) is 33.6 Å². The molecule has 186 valence electrons. The van der Waals surface area contributed by atoms with Crippen LogP contribution in [-0.2, 0) is 19.5 Å². The van der Waals surface area contributed by atoms with E-state index in [9.17, 15) is 10.1 Å². The van der Waals surface area contributed by atoms with Crippen molar-refractivity contribution in [1.29, 1.82) is 5.26 Å². The Hall–Kier alpha value is -3.34. The summed E-state index contributed by atoms with van der Waals surface area (Å²) in [4.78, 5) is 19.7. The van der Waals surface area contributed by atoms with Gasteiger partial charge in [0.25, 0.3) is 0 Å². The normalized spacial score (nSPS) is 13.6. The molecule has 5 rings (SSSR count). The summed E-state index contributed by atoms with van der Waals surface area (Å²) in [5, 5.41) is 14.8. The van der Waals surface area contributed by atoms with E-state index in [1.54, 1.807) is 35.0 Å². The van der Waals surface area contributed by atoms with E-state index >= 15 is 0 Å². The van der Waals surface area contributed by atoms with Gasteiger partial charge in [-0.3, -0.25) is 9.47 Å². The Balaban J connectivity index is 1.42. The Morgan fingerprint density at radius 3 is 2.70 bits per heavy atom. The first-order chi connectivity index (χ1) is 17.9. The minimum absolute atomic E-state index is 0.254. The van der Waals surface area contributed by atoms with E-state index < -0.39 is 0 Å². The van der Waals surface area contributed by atoms with Crippen LogP contribution in [0.15, 0.2) is 60.8 Å². The van der Waals surface area contributed by atoms with Crippen LogP contribution in [0.5, 0.6) is 0 Å². The Morgan fingerprint density at radius 1 is 1.14 bits per heavy atom. The lowest BCUT2D eigenvalue weighted by molar-refractivity contribution is 0.240. The van der Waals surface area contributed by atoms with Crippen LogP contribution in [0, 0.1) is 11.3 Å². The molecular weight excluding hydrogens is 529 g/mol. The number of amides is 1. The molecule has 0 fully saturated rings. The fourth-order valence-corrected chi connectivity index (χ4v) is 5.15. The SMILES string of the molecule is N#Cc1cc2c3c(n(C(=O)NCc4ccnc(Cl)c4)c2cc1Cl)CCN(CC=Cc1ccc(Cl)cc1)C3. The molecule has 2 aromatic heterocycles. The van der Waals surface area contributed by atoms with Gasteiger partial charge in [0.1, 0.15) is 11.2 Å². The zero-order valence-corrected chi connectivity index (χ0v) is 22.0. The number of rotatable bonds is 5. The minimum Gasteiger partial charge on any atom is -0.333 e. The largest absolute Gasteiger partial charge is 0.333 e. The lowest BCUT2D eigenvalue weighted by Crippen LogP contribution is -2.34. The molecule has 0 unspecified atom stereocenters. The summed E-state index contributed by atoms with van der Waals surface area (Å²) in [6.45, 7) is 2.51. The Labute approximate surface area is 229 Å². The number of nitriles is 1. The molecule has 0 spiro atoms. The molecule has 9 heteroatoms. The molecule has 1 aliphatic heterocycles. The van der Waals surface area contributed by atoms with Gasteiger partial charge >= 0.3 is 6.03 Å². The molecule has 4 aromatic rings. The number of halogens is 3. The second kappa shape index (κ2) is 11.0. The quantitative estimate of drug-likeness (QED) is 0.281. The maximum atomic E-state index is 13.4. The summed E-state index contributed by atoms with van der Waals surface area (Å²) in [7, 11) is 0. The van der Waals surface area contributed by atoms with Crippen molar-refractivity contribution in [2.45, 2.75) is 19.5 Å². The number of carbonyl (C=O) groups excluding carboxylic acids is 1. The van der Waals surface area contributed by atoms with Crippen LogP contribution in [0.4, 0.5) is 4.79 Å². The first-order valence-electron chi connectivity index (χ1n) is 11.7. The number of carbonyl (C=O) groups is 1. The second-order valence-electron chi connectivity index (χ2n) is 8.81. The minimum atomic E-state index is -0.254. The number of nitrogens with one attached hydrogen (secondary N) is 1. The van der Waals surface area contributed by atoms with Crippen LogP contribution < -0.4 is 5.32 Å². The number of hydrogen-bond acceptors (Lipinski definition) is 4. The summed E-state index contributed by atoms with van der Waals surface area (Å²) in [5.74, 6) is 0. The molecule has 0 bridgehead atoms. The van der Waals surface area contributed by atoms with Gasteiger partial charge in [0.05, 0.1) is 16.1 Å². The molecular formula is C28H22Cl3N5O. The maximum Gasteiger partial charge on any atom is 0.326 e. The number of pyridine rings is 1. The highest BCUT2D eigenvalue weighted by molar-refractivity contribution is 6.32. The average molecular weight is 551 g/mol. The Bertz CT molecular complexity index is 1550. The summed E-state index contributed by atoms with van der Waals surface area (Å²) in [6, 6.07) is 16.6. The standard InChI is InChI=1S/C28H22Cl3N5O/c29-21-5-3-18(4-6-21)2-1-10-35-11-8-25-23(17-35)22-13-20(15-32)24(30)14-26(22)36(25)28(37)34-16-19-7-9-33-27(31)12-19/h1-7,9,12-14H,8,10-11,16-17H2,(H,34,37). The summed E-state index contributed by atoms with van der Waals surface area (Å²) < 4.78 is 1.70. The van der Waals surface area contributed by atoms with Gasteiger partial charge < -0.3 is 5.32 Å². The topological polar surface area (TPSA) is 74.0 Å². The van der Waals surface area contributed by atoms with Crippen molar-refractivity contribution in [3.63, 3.8) is 0 Å². The van der Waals surface area contributed by atoms with Gasteiger partial charge in [0.2, 0.25) is 0 Å². The smallest absolute Gasteiger partial charge is 0.326 e. The molecule has 2 aromatic carbocycles. The van der Waals surface area contributed by atoms with Crippen LogP contribution in [0.3, 0.4) is 0 Å². The molecule has 1 aliphatic rings. The van der Waals surface area contributed by atoms with Gasteiger partial charge in [-0.1, -0.05) is 59.1 Å². The van der Waals surface area contributed by atoms with E-state index in [0.29, 0.717) is 45.8 Å². The molecule has 0 aliphatic carbocycles. The molecule has 0 radical (unpaired) electrons. The van der Waals surface area contributed by atoms with E-state index in [1.165, 1.54) is 0 Å². The van der Waals surface area contributed by atoms with Crippen molar-refractivity contribution in [1.82, 2.24) is 19.8 Å². The zero-order valence-electron chi connectivity index (χ0n) is 19.7. The number of fused-ring (bicyclic) bond motifs is 3. The summed E-state index contributed by atoms with van der Waals surface area (Å²) >= 11 is 18.3. The van der Waals surface area contributed by atoms with Crippen LogP contribution in [0.1, 0.15) is 27.9 Å². The maximum absolute atomic E-state index is 13.4. The number of benzene rings is 2. The molecule has 1 amide bonds. The van der Waals surface area contributed by atoms with Crippen molar-refractivity contribution >= 4 is 57.8 Å². The molecule has 1 N–H and O–H groups in total. The van der Waals surface area contributed by atoms with E-state index in [4.69, 9.17) is 34.8 Å². The van der Waals surface area contributed by atoms with Crippen molar-refractivity contribution in [2.24, 2.45) is 0 Å². The van der Waals surface area contributed by atoms with Crippen molar-refractivity contribution in [2.75, 3.05) is 13.1 Å². The van der Waals surface area contributed by atoms with Gasteiger partial charge in [-0.2, -0.15) is 5.26 Å².